The smallest absolute Gasteiger partial charge is 0.0470 e. The van der Waals surface area contributed by atoms with Crippen molar-refractivity contribution in [3.05, 3.63) is 71.8 Å². The number of hydrogen-bond acceptors (Lipinski definition) is 2. The first-order chi connectivity index (χ1) is 9.88. The number of hydrogen-bond donors (Lipinski definition) is 1. The van der Waals surface area contributed by atoms with E-state index in [1.807, 2.05) is 24.3 Å². The average Bonchev–Trinajstić information content (AvgIpc) is 2.49. The summed E-state index contributed by atoms with van der Waals surface area (Å²) in [7, 11) is 0. The number of nitrogens with zero attached hydrogens (tertiary/aromatic N) is 1. The van der Waals surface area contributed by atoms with Gasteiger partial charge in [0.1, 0.15) is 0 Å². The summed E-state index contributed by atoms with van der Waals surface area (Å²) in [4.78, 5) is 0. The Hall–Kier alpha value is -2.09. The molecule has 2 aromatic rings. The summed E-state index contributed by atoms with van der Waals surface area (Å²) in [6.07, 6.45) is 5.81. The summed E-state index contributed by atoms with van der Waals surface area (Å²) in [5, 5.41) is 12.0. The van der Waals surface area contributed by atoms with E-state index in [9.17, 15) is 0 Å². The molecule has 0 aliphatic carbocycles. The second-order valence-corrected chi connectivity index (χ2v) is 5.09. The molecule has 0 aromatic heterocycles. The molecule has 0 amide bonds. The average molecular weight is 267 g/mol. The summed E-state index contributed by atoms with van der Waals surface area (Å²) < 4.78 is 0. The molecule has 2 heteroatoms. The third-order valence-electron chi connectivity index (χ3n) is 3.50. The van der Waals surface area contributed by atoms with Gasteiger partial charge >= 0.3 is 0 Å². The van der Waals surface area contributed by atoms with Gasteiger partial charge in [-0.15, -0.1) is 5.16 Å². The summed E-state index contributed by atoms with van der Waals surface area (Å²) in [6.45, 7) is 0. The molecule has 2 nitrogen and oxygen atoms in total. The van der Waals surface area contributed by atoms with Crippen molar-refractivity contribution in [1.82, 2.24) is 0 Å². The van der Waals surface area contributed by atoms with Crippen LogP contribution in [0.4, 0.5) is 0 Å². The SMILES string of the molecule is O/N=C/C(CCCc1ccccc1)Cc1ccccc1. The molecule has 0 saturated carbocycles. The minimum Gasteiger partial charge on any atom is -0.411 e. The summed E-state index contributed by atoms with van der Waals surface area (Å²) in [5.74, 6) is 0.297. The van der Waals surface area contributed by atoms with Crippen molar-refractivity contribution in [2.24, 2.45) is 11.1 Å². The van der Waals surface area contributed by atoms with Crippen LogP contribution in [0.2, 0.25) is 0 Å². The van der Waals surface area contributed by atoms with Crippen LogP contribution in [-0.4, -0.2) is 11.4 Å². The van der Waals surface area contributed by atoms with E-state index in [1.54, 1.807) is 6.21 Å². The van der Waals surface area contributed by atoms with E-state index in [0.29, 0.717) is 5.92 Å². The van der Waals surface area contributed by atoms with E-state index < -0.39 is 0 Å². The first kappa shape index (κ1) is 14.3. The van der Waals surface area contributed by atoms with Crippen molar-refractivity contribution in [3.8, 4) is 0 Å². The fourth-order valence-corrected chi connectivity index (χ4v) is 2.45. The van der Waals surface area contributed by atoms with Gasteiger partial charge in [-0.2, -0.15) is 0 Å². The first-order valence-electron chi connectivity index (χ1n) is 7.14. The Morgan fingerprint density at radius 2 is 1.50 bits per heavy atom. The van der Waals surface area contributed by atoms with E-state index in [4.69, 9.17) is 5.21 Å². The van der Waals surface area contributed by atoms with E-state index in [2.05, 4.69) is 41.6 Å². The van der Waals surface area contributed by atoms with Gasteiger partial charge in [0, 0.05) is 12.1 Å². The Morgan fingerprint density at radius 1 is 0.900 bits per heavy atom. The molecular formula is C18H21NO. The first-order valence-corrected chi connectivity index (χ1v) is 7.14. The normalized spacial score (nSPS) is 12.6. The topological polar surface area (TPSA) is 32.6 Å². The molecule has 0 radical (unpaired) electrons. The van der Waals surface area contributed by atoms with Crippen LogP contribution in [0.15, 0.2) is 65.8 Å². The van der Waals surface area contributed by atoms with Gasteiger partial charge in [0.2, 0.25) is 0 Å². The minimum absolute atomic E-state index is 0.297. The van der Waals surface area contributed by atoms with Crippen LogP contribution in [0.1, 0.15) is 24.0 Å². The number of aryl methyl sites for hydroxylation is 1. The lowest BCUT2D eigenvalue weighted by atomic mass is 9.94. The molecule has 104 valence electrons. The Bertz CT molecular complexity index is 507. The number of oxime groups is 1. The molecule has 0 fully saturated rings. The van der Waals surface area contributed by atoms with Crippen molar-refractivity contribution < 1.29 is 5.21 Å². The van der Waals surface area contributed by atoms with E-state index in [0.717, 1.165) is 25.7 Å². The maximum absolute atomic E-state index is 8.80. The van der Waals surface area contributed by atoms with Crippen LogP contribution in [0.25, 0.3) is 0 Å². The molecule has 0 saturated heterocycles. The third kappa shape index (κ3) is 4.88. The molecule has 20 heavy (non-hydrogen) atoms. The maximum Gasteiger partial charge on any atom is 0.0470 e. The van der Waals surface area contributed by atoms with E-state index in [1.165, 1.54) is 11.1 Å². The van der Waals surface area contributed by atoms with Crippen molar-refractivity contribution in [2.45, 2.75) is 25.7 Å². The molecule has 0 aliphatic heterocycles. The molecule has 0 aliphatic rings. The van der Waals surface area contributed by atoms with Crippen molar-refractivity contribution in [3.63, 3.8) is 0 Å². The highest BCUT2D eigenvalue weighted by Crippen LogP contribution is 2.15. The summed E-state index contributed by atoms with van der Waals surface area (Å²) >= 11 is 0. The summed E-state index contributed by atoms with van der Waals surface area (Å²) in [6, 6.07) is 20.9. The van der Waals surface area contributed by atoms with Gasteiger partial charge in [0.25, 0.3) is 0 Å². The van der Waals surface area contributed by atoms with Crippen LogP contribution in [0.3, 0.4) is 0 Å². The van der Waals surface area contributed by atoms with Gasteiger partial charge in [-0.3, -0.25) is 0 Å². The zero-order chi connectivity index (χ0) is 14.0. The van der Waals surface area contributed by atoms with Gasteiger partial charge < -0.3 is 5.21 Å². The van der Waals surface area contributed by atoms with Gasteiger partial charge in [-0.05, 0) is 36.8 Å². The van der Waals surface area contributed by atoms with Gasteiger partial charge in [0.15, 0.2) is 0 Å². The maximum atomic E-state index is 8.80. The molecule has 1 N–H and O–H groups in total. The largest absolute Gasteiger partial charge is 0.411 e. The van der Waals surface area contributed by atoms with Gasteiger partial charge in [-0.25, -0.2) is 0 Å². The Labute approximate surface area is 120 Å². The monoisotopic (exact) mass is 267 g/mol. The lowest BCUT2D eigenvalue weighted by Gasteiger charge is -2.11. The highest BCUT2D eigenvalue weighted by Gasteiger charge is 2.07. The van der Waals surface area contributed by atoms with Gasteiger partial charge in [0.05, 0.1) is 0 Å². The molecule has 0 heterocycles. The fourth-order valence-electron chi connectivity index (χ4n) is 2.45. The van der Waals surface area contributed by atoms with Crippen LogP contribution in [0.5, 0.6) is 0 Å². The Kier molecular flexibility index (Phi) is 5.84. The van der Waals surface area contributed by atoms with E-state index in [-0.39, 0.29) is 0 Å². The second kappa shape index (κ2) is 8.16. The van der Waals surface area contributed by atoms with E-state index >= 15 is 0 Å². The standard InChI is InChI=1S/C18H21NO/c20-19-15-18(14-17-10-5-2-6-11-17)13-7-12-16-8-3-1-4-9-16/h1-6,8-11,15,18,20H,7,12-14H2/b19-15+. The molecule has 2 aromatic carbocycles. The molecule has 1 atom stereocenters. The van der Waals surface area contributed by atoms with Crippen LogP contribution in [-0.2, 0) is 12.8 Å². The third-order valence-corrected chi connectivity index (χ3v) is 3.50. The van der Waals surface area contributed by atoms with Crippen LogP contribution < -0.4 is 0 Å². The fraction of sp³-hybridized carbons (Fsp3) is 0.278. The summed E-state index contributed by atoms with van der Waals surface area (Å²) in [5.41, 5.74) is 2.66. The zero-order valence-corrected chi connectivity index (χ0v) is 11.7. The molecule has 0 bridgehead atoms. The van der Waals surface area contributed by atoms with Gasteiger partial charge in [-0.1, -0.05) is 60.7 Å². The second-order valence-electron chi connectivity index (χ2n) is 5.09. The zero-order valence-electron chi connectivity index (χ0n) is 11.7. The number of benzene rings is 2. The van der Waals surface area contributed by atoms with Crippen molar-refractivity contribution in [2.75, 3.05) is 0 Å². The molecule has 0 spiro atoms. The Morgan fingerprint density at radius 3 is 2.10 bits per heavy atom. The number of rotatable bonds is 7. The quantitative estimate of drug-likeness (QED) is 0.452. The van der Waals surface area contributed by atoms with Crippen LogP contribution in [0, 0.1) is 5.92 Å². The molecular weight excluding hydrogens is 246 g/mol. The highest BCUT2D eigenvalue weighted by atomic mass is 16.4. The predicted octanol–water partition coefficient (Wildman–Crippen LogP) is 4.33. The predicted molar refractivity (Wildman–Crippen MR) is 83.3 cm³/mol. The lowest BCUT2D eigenvalue weighted by molar-refractivity contribution is 0.317. The van der Waals surface area contributed by atoms with Crippen molar-refractivity contribution >= 4 is 6.21 Å². The highest BCUT2D eigenvalue weighted by molar-refractivity contribution is 5.60. The van der Waals surface area contributed by atoms with Crippen LogP contribution >= 0.6 is 0 Å². The minimum atomic E-state index is 0.297. The van der Waals surface area contributed by atoms with Crippen molar-refractivity contribution in [1.29, 1.82) is 0 Å². The Balaban J connectivity index is 1.83. The lowest BCUT2D eigenvalue weighted by Crippen LogP contribution is -2.07. The molecule has 1 unspecified atom stereocenters. The molecule has 2 rings (SSSR count).